The molecule has 1 aliphatic heterocycles. The van der Waals surface area contributed by atoms with Crippen LogP contribution in [0.5, 0.6) is 11.5 Å². The van der Waals surface area contributed by atoms with E-state index in [9.17, 15) is 4.79 Å². The molecule has 2 aromatic rings. The van der Waals surface area contributed by atoms with Crippen LogP contribution in [0.2, 0.25) is 0 Å². The van der Waals surface area contributed by atoms with Gasteiger partial charge in [0.25, 0.3) is 0 Å². The second-order valence-corrected chi connectivity index (χ2v) is 3.78. The zero-order valence-electron chi connectivity index (χ0n) is 9.21. The first-order valence-electron chi connectivity index (χ1n) is 5.18. The Hall–Kier alpha value is -2.30. The van der Waals surface area contributed by atoms with Crippen LogP contribution in [0.3, 0.4) is 0 Å². The lowest BCUT2D eigenvalue weighted by Crippen LogP contribution is -1.95. The summed E-state index contributed by atoms with van der Waals surface area (Å²) in [5.74, 6) is 1.09. The van der Waals surface area contributed by atoms with Crippen LogP contribution in [0.1, 0.15) is 16.1 Å². The summed E-state index contributed by atoms with van der Waals surface area (Å²) in [6.07, 6.45) is 4.35. The number of carbonyl (C=O) groups is 1. The Bertz CT molecular complexity index is 589. The Morgan fingerprint density at radius 1 is 1.35 bits per heavy atom. The quantitative estimate of drug-likeness (QED) is 0.737. The van der Waals surface area contributed by atoms with Crippen molar-refractivity contribution in [2.75, 3.05) is 6.79 Å². The minimum Gasteiger partial charge on any atom is -0.453 e. The van der Waals surface area contributed by atoms with Crippen LogP contribution in [0.15, 0.2) is 24.7 Å². The minimum absolute atomic E-state index is 0.140. The lowest BCUT2D eigenvalue weighted by Gasteiger charge is -2.07. The molecule has 5 heteroatoms. The molecule has 1 aromatic heterocycles. The molecule has 5 nitrogen and oxygen atoms in total. The summed E-state index contributed by atoms with van der Waals surface area (Å²) in [5, 5.41) is 0. The summed E-state index contributed by atoms with van der Waals surface area (Å²) in [4.78, 5) is 15.0. The predicted octanol–water partition coefficient (Wildman–Crippen LogP) is 1.72. The smallest absolute Gasteiger partial charge is 0.231 e. The number of aryl methyl sites for hydroxylation is 1. The van der Waals surface area contributed by atoms with E-state index >= 15 is 0 Å². The van der Waals surface area contributed by atoms with E-state index in [4.69, 9.17) is 9.47 Å². The average Bonchev–Trinajstić information content (AvgIpc) is 2.96. The van der Waals surface area contributed by atoms with Gasteiger partial charge in [-0.1, -0.05) is 0 Å². The van der Waals surface area contributed by atoms with Crippen LogP contribution in [-0.4, -0.2) is 22.6 Å². The first kappa shape index (κ1) is 9.89. The molecular weight excluding hydrogens is 220 g/mol. The van der Waals surface area contributed by atoms with Gasteiger partial charge in [0.05, 0.1) is 23.3 Å². The van der Waals surface area contributed by atoms with Gasteiger partial charge in [-0.2, -0.15) is 0 Å². The number of nitrogens with zero attached hydrogens (tertiary/aromatic N) is 2. The molecule has 0 spiro atoms. The Morgan fingerprint density at radius 2 is 2.18 bits per heavy atom. The monoisotopic (exact) mass is 230 g/mol. The molecule has 0 saturated heterocycles. The number of benzene rings is 1. The summed E-state index contributed by atoms with van der Waals surface area (Å²) in [6.45, 7) is 2.05. The second kappa shape index (κ2) is 3.62. The Labute approximate surface area is 97.6 Å². The number of ether oxygens (including phenoxy) is 2. The van der Waals surface area contributed by atoms with Crippen molar-refractivity contribution in [2.24, 2.45) is 0 Å². The van der Waals surface area contributed by atoms with Crippen LogP contribution in [0.4, 0.5) is 0 Å². The molecule has 0 unspecified atom stereocenters. The maximum atomic E-state index is 10.9. The summed E-state index contributed by atoms with van der Waals surface area (Å²) in [7, 11) is 0. The number of hydrogen-bond donors (Lipinski definition) is 0. The van der Waals surface area contributed by atoms with Gasteiger partial charge < -0.3 is 14.0 Å². The number of imidazole rings is 1. The maximum absolute atomic E-state index is 10.9. The molecule has 0 fully saturated rings. The molecule has 86 valence electrons. The summed E-state index contributed by atoms with van der Waals surface area (Å²) in [6, 6.07) is 3.53. The lowest BCUT2D eigenvalue weighted by molar-refractivity contribution is 0.111. The van der Waals surface area contributed by atoms with Crippen molar-refractivity contribution in [1.29, 1.82) is 0 Å². The van der Waals surface area contributed by atoms with Gasteiger partial charge in [0.15, 0.2) is 17.8 Å². The van der Waals surface area contributed by atoms with E-state index in [1.54, 1.807) is 12.4 Å². The molecule has 0 atom stereocenters. The zero-order chi connectivity index (χ0) is 11.8. The maximum Gasteiger partial charge on any atom is 0.231 e. The molecule has 2 heterocycles. The third-order valence-corrected chi connectivity index (χ3v) is 2.65. The minimum atomic E-state index is 0.140. The van der Waals surface area contributed by atoms with E-state index in [0.717, 1.165) is 17.7 Å². The van der Waals surface area contributed by atoms with Crippen molar-refractivity contribution in [1.82, 2.24) is 9.55 Å². The van der Waals surface area contributed by atoms with Crippen molar-refractivity contribution in [3.05, 3.63) is 35.9 Å². The van der Waals surface area contributed by atoms with Gasteiger partial charge in [0, 0.05) is 6.20 Å². The van der Waals surface area contributed by atoms with Crippen LogP contribution >= 0.6 is 0 Å². The van der Waals surface area contributed by atoms with Crippen molar-refractivity contribution in [2.45, 2.75) is 6.92 Å². The molecule has 17 heavy (non-hydrogen) atoms. The highest BCUT2D eigenvalue weighted by Crippen LogP contribution is 2.40. The fraction of sp³-hybridized carbons (Fsp3) is 0.167. The van der Waals surface area contributed by atoms with E-state index < -0.39 is 0 Å². The standard InChI is InChI=1S/C12H10N2O3/c1-8-4-14(6-13-8)10-3-2-9(5-15)11-12(10)17-7-16-11/h2-6H,7H2,1H3. The van der Waals surface area contributed by atoms with Crippen molar-refractivity contribution < 1.29 is 14.3 Å². The molecule has 0 bridgehead atoms. The van der Waals surface area contributed by atoms with E-state index in [-0.39, 0.29) is 6.79 Å². The van der Waals surface area contributed by atoms with Gasteiger partial charge in [-0.05, 0) is 19.1 Å². The predicted molar refractivity (Wildman–Crippen MR) is 59.8 cm³/mol. The largest absolute Gasteiger partial charge is 0.453 e. The van der Waals surface area contributed by atoms with Gasteiger partial charge in [-0.25, -0.2) is 4.98 Å². The summed E-state index contributed by atoms with van der Waals surface area (Å²) >= 11 is 0. The number of hydrogen-bond acceptors (Lipinski definition) is 4. The molecular formula is C12H10N2O3. The van der Waals surface area contributed by atoms with Gasteiger partial charge in [0.1, 0.15) is 0 Å². The van der Waals surface area contributed by atoms with Crippen LogP contribution in [-0.2, 0) is 0 Å². The van der Waals surface area contributed by atoms with E-state index in [1.807, 2.05) is 23.8 Å². The van der Waals surface area contributed by atoms with Gasteiger partial charge in [0.2, 0.25) is 6.79 Å². The third kappa shape index (κ3) is 1.47. The topological polar surface area (TPSA) is 53.4 Å². The second-order valence-electron chi connectivity index (χ2n) is 3.78. The molecule has 0 amide bonds. The molecule has 0 radical (unpaired) electrons. The number of carbonyl (C=O) groups excluding carboxylic acids is 1. The Morgan fingerprint density at radius 3 is 2.88 bits per heavy atom. The highest BCUT2D eigenvalue weighted by Gasteiger charge is 2.22. The number of aromatic nitrogens is 2. The fourth-order valence-corrected chi connectivity index (χ4v) is 1.85. The number of aldehydes is 1. The van der Waals surface area contributed by atoms with E-state index in [2.05, 4.69) is 4.98 Å². The van der Waals surface area contributed by atoms with Crippen LogP contribution < -0.4 is 9.47 Å². The Balaban J connectivity index is 2.19. The molecule has 3 rings (SSSR count). The van der Waals surface area contributed by atoms with Gasteiger partial charge in [-0.15, -0.1) is 0 Å². The van der Waals surface area contributed by atoms with Crippen molar-refractivity contribution in [3.8, 4) is 17.2 Å². The molecule has 1 aliphatic rings. The SMILES string of the molecule is Cc1cn(-c2ccc(C=O)c3c2OCO3)cn1. The van der Waals surface area contributed by atoms with Crippen LogP contribution in [0, 0.1) is 6.92 Å². The third-order valence-electron chi connectivity index (χ3n) is 2.65. The van der Waals surface area contributed by atoms with E-state index in [0.29, 0.717) is 17.1 Å². The first-order valence-corrected chi connectivity index (χ1v) is 5.18. The Kier molecular flexibility index (Phi) is 2.11. The first-order chi connectivity index (χ1) is 8.29. The summed E-state index contributed by atoms with van der Waals surface area (Å²) < 4.78 is 12.6. The average molecular weight is 230 g/mol. The molecule has 0 N–H and O–H groups in total. The highest BCUT2D eigenvalue weighted by atomic mass is 16.7. The molecule has 0 saturated carbocycles. The van der Waals surface area contributed by atoms with Gasteiger partial charge in [-0.3, -0.25) is 4.79 Å². The number of fused-ring (bicyclic) bond motifs is 1. The molecule has 1 aromatic carbocycles. The number of rotatable bonds is 2. The summed E-state index contributed by atoms with van der Waals surface area (Å²) in [5.41, 5.74) is 2.24. The molecule has 0 aliphatic carbocycles. The van der Waals surface area contributed by atoms with Gasteiger partial charge >= 0.3 is 0 Å². The highest BCUT2D eigenvalue weighted by molar-refractivity contribution is 5.83. The lowest BCUT2D eigenvalue weighted by atomic mass is 10.2. The zero-order valence-corrected chi connectivity index (χ0v) is 9.21. The normalized spacial score (nSPS) is 12.8. The van der Waals surface area contributed by atoms with Crippen LogP contribution in [0.25, 0.3) is 5.69 Å². The van der Waals surface area contributed by atoms with E-state index in [1.165, 1.54) is 0 Å². The van der Waals surface area contributed by atoms with Crippen molar-refractivity contribution >= 4 is 6.29 Å². The fourth-order valence-electron chi connectivity index (χ4n) is 1.85. The van der Waals surface area contributed by atoms with Crippen molar-refractivity contribution in [3.63, 3.8) is 0 Å².